The smallest absolute Gasteiger partial charge is 0.203 e. The lowest BCUT2D eigenvalue weighted by Crippen LogP contribution is -2.08. The van der Waals surface area contributed by atoms with Gasteiger partial charge in [-0.1, -0.05) is 0 Å². The number of anilines is 1. The number of fused-ring (bicyclic) bond motifs is 1. The number of rotatable bonds is 4. The van der Waals surface area contributed by atoms with E-state index >= 15 is 0 Å². The summed E-state index contributed by atoms with van der Waals surface area (Å²) in [6.45, 7) is 4.71. The molecule has 0 aliphatic rings. The maximum Gasteiger partial charge on any atom is 0.203 e. The number of aryl methyl sites for hydroxylation is 2. The molecule has 0 spiro atoms. The van der Waals surface area contributed by atoms with Gasteiger partial charge in [0.25, 0.3) is 0 Å². The highest BCUT2D eigenvalue weighted by Crippen LogP contribution is 2.13. The fourth-order valence-electron chi connectivity index (χ4n) is 1.90. The van der Waals surface area contributed by atoms with Crippen LogP contribution in [0.3, 0.4) is 0 Å². The highest BCUT2D eigenvalue weighted by Gasteiger charge is 2.07. The molecule has 98 valence electrons. The van der Waals surface area contributed by atoms with Crippen LogP contribution in [0.5, 0.6) is 0 Å². The molecule has 0 unspecified atom stereocenters. The van der Waals surface area contributed by atoms with E-state index in [4.69, 9.17) is 0 Å². The summed E-state index contributed by atoms with van der Waals surface area (Å²) in [4.78, 5) is 8.74. The van der Waals surface area contributed by atoms with Gasteiger partial charge in [-0.3, -0.25) is 4.40 Å². The average Bonchev–Trinajstić information content (AvgIpc) is 2.98. The van der Waals surface area contributed by atoms with Crippen molar-refractivity contribution in [1.82, 2.24) is 24.6 Å². The minimum atomic E-state index is 0.759. The monoisotopic (exact) mass is 274 g/mol. The van der Waals surface area contributed by atoms with Crippen LogP contribution in [0.1, 0.15) is 16.5 Å². The van der Waals surface area contributed by atoms with E-state index in [1.54, 1.807) is 17.5 Å². The fraction of sp³-hybridized carbons (Fsp3) is 0.333. The standard InChI is InChI=1S/C12H14N6S/c1-8-16-17-12-11(14-5-6-18(8)12)13-4-3-10-7-19-9(2)15-10/h5-7H,3-4H2,1-2H3,(H,13,14). The van der Waals surface area contributed by atoms with Gasteiger partial charge < -0.3 is 5.32 Å². The summed E-state index contributed by atoms with van der Waals surface area (Å²) in [5.41, 5.74) is 1.87. The molecule has 7 heteroatoms. The molecular formula is C12H14N6S. The second-order valence-corrected chi connectivity index (χ2v) is 5.31. The van der Waals surface area contributed by atoms with Gasteiger partial charge in [0.1, 0.15) is 5.82 Å². The minimum absolute atomic E-state index is 0.759. The van der Waals surface area contributed by atoms with Crippen molar-refractivity contribution >= 4 is 22.8 Å². The van der Waals surface area contributed by atoms with Crippen LogP contribution in [0.4, 0.5) is 5.82 Å². The van der Waals surface area contributed by atoms with Crippen molar-refractivity contribution in [2.45, 2.75) is 20.3 Å². The Kier molecular flexibility index (Phi) is 3.12. The van der Waals surface area contributed by atoms with Gasteiger partial charge >= 0.3 is 0 Å². The van der Waals surface area contributed by atoms with Crippen molar-refractivity contribution in [3.63, 3.8) is 0 Å². The third kappa shape index (κ3) is 2.41. The summed E-state index contributed by atoms with van der Waals surface area (Å²) in [5.74, 6) is 1.62. The second-order valence-electron chi connectivity index (χ2n) is 4.25. The zero-order chi connectivity index (χ0) is 13.2. The van der Waals surface area contributed by atoms with E-state index in [1.807, 2.05) is 24.4 Å². The Labute approximate surface area is 114 Å². The first-order chi connectivity index (χ1) is 9.24. The van der Waals surface area contributed by atoms with Crippen molar-refractivity contribution in [2.75, 3.05) is 11.9 Å². The molecule has 3 aromatic heterocycles. The number of hydrogen-bond acceptors (Lipinski definition) is 6. The summed E-state index contributed by atoms with van der Waals surface area (Å²) < 4.78 is 1.92. The van der Waals surface area contributed by atoms with Crippen LogP contribution in [0.2, 0.25) is 0 Å². The maximum atomic E-state index is 4.43. The first-order valence-electron chi connectivity index (χ1n) is 6.05. The highest BCUT2D eigenvalue weighted by atomic mass is 32.1. The molecule has 0 aromatic carbocycles. The molecule has 0 radical (unpaired) electrons. The Morgan fingerprint density at radius 3 is 3.00 bits per heavy atom. The molecule has 0 bridgehead atoms. The van der Waals surface area contributed by atoms with Crippen molar-refractivity contribution in [3.8, 4) is 0 Å². The topological polar surface area (TPSA) is 68.0 Å². The Hall–Kier alpha value is -2.02. The van der Waals surface area contributed by atoms with Gasteiger partial charge in [-0.05, 0) is 13.8 Å². The third-order valence-corrected chi connectivity index (χ3v) is 3.66. The molecule has 3 heterocycles. The Bertz CT molecular complexity index is 701. The van der Waals surface area contributed by atoms with Gasteiger partial charge in [0.05, 0.1) is 10.7 Å². The zero-order valence-electron chi connectivity index (χ0n) is 10.8. The predicted octanol–water partition coefficient (Wildman–Crippen LogP) is 1.85. The van der Waals surface area contributed by atoms with E-state index in [-0.39, 0.29) is 0 Å². The number of nitrogens with zero attached hydrogens (tertiary/aromatic N) is 5. The average molecular weight is 274 g/mol. The number of aromatic nitrogens is 5. The van der Waals surface area contributed by atoms with Gasteiger partial charge in [0, 0.05) is 30.7 Å². The van der Waals surface area contributed by atoms with Crippen molar-refractivity contribution in [3.05, 3.63) is 34.3 Å². The van der Waals surface area contributed by atoms with Gasteiger partial charge in [-0.25, -0.2) is 9.97 Å². The SMILES string of the molecule is Cc1nc(CCNc2nccn3c(C)nnc23)cs1. The fourth-order valence-corrected chi connectivity index (χ4v) is 2.55. The molecule has 0 atom stereocenters. The lowest BCUT2D eigenvalue weighted by Gasteiger charge is -2.05. The maximum absolute atomic E-state index is 4.43. The van der Waals surface area contributed by atoms with Crippen molar-refractivity contribution in [1.29, 1.82) is 0 Å². The summed E-state index contributed by atoms with van der Waals surface area (Å²) in [5, 5.41) is 14.6. The summed E-state index contributed by atoms with van der Waals surface area (Å²) in [6, 6.07) is 0. The molecule has 6 nitrogen and oxygen atoms in total. The van der Waals surface area contributed by atoms with Crippen LogP contribution in [0.15, 0.2) is 17.8 Å². The van der Waals surface area contributed by atoms with E-state index in [2.05, 4.69) is 30.9 Å². The zero-order valence-corrected chi connectivity index (χ0v) is 11.6. The summed E-state index contributed by atoms with van der Waals surface area (Å²) in [6.07, 6.45) is 4.48. The van der Waals surface area contributed by atoms with E-state index in [0.717, 1.165) is 41.0 Å². The molecule has 1 N–H and O–H groups in total. The molecule has 3 rings (SSSR count). The van der Waals surface area contributed by atoms with Crippen molar-refractivity contribution < 1.29 is 0 Å². The lowest BCUT2D eigenvalue weighted by molar-refractivity contribution is 0.955. The highest BCUT2D eigenvalue weighted by molar-refractivity contribution is 7.09. The molecule has 3 aromatic rings. The van der Waals surface area contributed by atoms with Crippen LogP contribution in [-0.4, -0.2) is 31.1 Å². The molecule has 0 saturated heterocycles. The Morgan fingerprint density at radius 2 is 2.21 bits per heavy atom. The van der Waals surface area contributed by atoms with Crippen molar-refractivity contribution in [2.24, 2.45) is 0 Å². The second kappa shape index (κ2) is 4.93. The quantitative estimate of drug-likeness (QED) is 0.786. The number of thiazole rings is 1. The summed E-state index contributed by atoms with van der Waals surface area (Å²) in [7, 11) is 0. The molecule has 19 heavy (non-hydrogen) atoms. The largest absolute Gasteiger partial charge is 0.367 e. The first-order valence-corrected chi connectivity index (χ1v) is 6.93. The van der Waals surface area contributed by atoms with Crippen LogP contribution in [0.25, 0.3) is 5.65 Å². The van der Waals surface area contributed by atoms with Crippen LogP contribution in [-0.2, 0) is 6.42 Å². The Balaban J connectivity index is 1.71. The lowest BCUT2D eigenvalue weighted by atomic mass is 10.3. The number of nitrogens with one attached hydrogen (secondary N) is 1. The predicted molar refractivity (Wildman–Crippen MR) is 74.6 cm³/mol. The van der Waals surface area contributed by atoms with Gasteiger partial charge in [-0.2, -0.15) is 0 Å². The van der Waals surface area contributed by atoms with E-state index < -0.39 is 0 Å². The normalized spacial score (nSPS) is 11.1. The third-order valence-electron chi connectivity index (χ3n) is 2.84. The van der Waals surface area contributed by atoms with Crippen LogP contribution in [0, 0.1) is 13.8 Å². The number of hydrogen-bond donors (Lipinski definition) is 1. The molecular weight excluding hydrogens is 260 g/mol. The molecule has 0 aliphatic heterocycles. The van der Waals surface area contributed by atoms with Crippen LogP contribution >= 0.6 is 11.3 Å². The van der Waals surface area contributed by atoms with E-state index in [0.29, 0.717) is 0 Å². The first kappa shape index (κ1) is 12.0. The van der Waals surface area contributed by atoms with Gasteiger partial charge in [-0.15, -0.1) is 21.5 Å². The molecule has 0 amide bonds. The van der Waals surface area contributed by atoms with Crippen LogP contribution < -0.4 is 5.32 Å². The minimum Gasteiger partial charge on any atom is -0.367 e. The van der Waals surface area contributed by atoms with E-state index in [9.17, 15) is 0 Å². The molecule has 0 fully saturated rings. The molecule has 0 saturated carbocycles. The van der Waals surface area contributed by atoms with Gasteiger partial charge in [0.15, 0.2) is 5.82 Å². The van der Waals surface area contributed by atoms with Gasteiger partial charge in [0.2, 0.25) is 5.65 Å². The summed E-state index contributed by atoms with van der Waals surface area (Å²) >= 11 is 1.68. The molecule has 0 aliphatic carbocycles. The Morgan fingerprint density at radius 1 is 1.32 bits per heavy atom. The van der Waals surface area contributed by atoms with E-state index in [1.165, 1.54) is 0 Å².